The van der Waals surface area contributed by atoms with Gasteiger partial charge in [0.05, 0.1) is 11.1 Å². The second-order valence-corrected chi connectivity index (χ2v) is 4.61. The average Bonchev–Trinajstić information content (AvgIpc) is 2.81. The summed E-state index contributed by atoms with van der Waals surface area (Å²) < 4.78 is 53.8. The monoisotopic (exact) mass is 302 g/mol. The molecular formula is C13H14F4N4. The maximum absolute atomic E-state index is 14.1. The molecule has 0 N–H and O–H groups in total. The summed E-state index contributed by atoms with van der Waals surface area (Å²) in [6.07, 6.45) is -4.75. The SMILES string of the molecule is CCn1nc(-c2cccc(C(F)(F)F)c2F)nc1N(C)C. The van der Waals surface area contributed by atoms with E-state index in [9.17, 15) is 17.6 Å². The van der Waals surface area contributed by atoms with Crippen molar-refractivity contribution in [2.75, 3.05) is 19.0 Å². The molecule has 0 saturated carbocycles. The van der Waals surface area contributed by atoms with Crippen LogP contribution < -0.4 is 4.90 Å². The Morgan fingerprint density at radius 2 is 1.90 bits per heavy atom. The summed E-state index contributed by atoms with van der Waals surface area (Å²) in [6, 6.07) is 3.07. The summed E-state index contributed by atoms with van der Waals surface area (Å²) in [5, 5.41) is 4.06. The highest BCUT2D eigenvalue weighted by atomic mass is 19.4. The molecule has 8 heteroatoms. The standard InChI is InChI=1S/C13H14F4N4/c1-4-21-12(20(2)3)18-11(19-21)8-6-5-7-9(10(8)14)13(15,16)17/h5-7H,4H2,1-3H3. The molecule has 1 heterocycles. The van der Waals surface area contributed by atoms with Crippen LogP contribution in [0, 0.1) is 5.82 Å². The third-order valence-corrected chi connectivity index (χ3v) is 2.90. The largest absolute Gasteiger partial charge is 0.419 e. The van der Waals surface area contributed by atoms with Gasteiger partial charge in [-0.25, -0.2) is 9.07 Å². The van der Waals surface area contributed by atoms with Crippen molar-refractivity contribution in [2.45, 2.75) is 19.6 Å². The predicted molar refractivity (Wildman–Crippen MR) is 70.4 cm³/mol. The summed E-state index contributed by atoms with van der Waals surface area (Å²) >= 11 is 0. The van der Waals surface area contributed by atoms with Gasteiger partial charge in [0.1, 0.15) is 5.82 Å². The molecule has 0 radical (unpaired) electrons. The lowest BCUT2D eigenvalue weighted by atomic mass is 10.1. The van der Waals surface area contributed by atoms with Crippen LogP contribution >= 0.6 is 0 Å². The first-order valence-corrected chi connectivity index (χ1v) is 6.24. The summed E-state index contributed by atoms with van der Waals surface area (Å²) in [5.74, 6) is -0.975. The highest BCUT2D eigenvalue weighted by molar-refractivity contribution is 5.59. The van der Waals surface area contributed by atoms with E-state index in [-0.39, 0.29) is 11.4 Å². The third-order valence-electron chi connectivity index (χ3n) is 2.90. The van der Waals surface area contributed by atoms with Crippen LogP contribution in [0.1, 0.15) is 12.5 Å². The van der Waals surface area contributed by atoms with E-state index < -0.39 is 17.6 Å². The van der Waals surface area contributed by atoms with Gasteiger partial charge in [-0.15, -0.1) is 5.10 Å². The number of rotatable bonds is 3. The quantitative estimate of drug-likeness (QED) is 0.817. The molecule has 4 nitrogen and oxygen atoms in total. The molecule has 0 amide bonds. The van der Waals surface area contributed by atoms with E-state index in [1.165, 1.54) is 10.7 Å². The zero-order chi connectivity index (χ0) is 15.8. The lowest BCUT2D eigenvalue weighted by molar-refractivity contribution is -0.139. The van der Waals surface area contributed by atoms with E-state index in [4.69, 9.17) is 0 Å². The highest BCUT2D eigenvalue weighted by Gasteiger charge is 2.35. The summed E-state index contributed by atoms with van der Waals surface area (Å²) in [4.78, 5) is 5.76. The van der Waals surface area contributed by atoms with Gasteiger partial charge in [-0.3, -0.25) is 0 Å². The van der Waals surface area contributed by atoms with Gasteiger partial charge in [-0.1, -0.05) is 6.07 Å². The predicted octanol–water partition coefficient (Wildman–Crippen LogP) is 3.19. The van der Waals surface area contributed by atoms with Crippen LogP contribution in [-0.4, -0.2) is 28.9 Å². The zero-order valence-electron chi connectivity index (χ0n) is 11.7. The number of aryl methyl sites for hydroxylation is 1. The Kier molecular flexibility index (Phi) is 3.89. The minimum atomic E-state index is -4.75. The fourth-order valence-electron chi connectivity index (χ4n) is 1.91. The van der Waals surface area contributed by atoms with Gasteiger partial charge in [-0.2, -0.15) is 18.2 Å². The van der Waals surface area contributed by atoms with Crippen molar-refractivity contribution >= 4 is 5.95 Å². The first-order chi connectivity index (χ1) is 9.75. The molecular weight excluding hydrogens is 288 g/mol. The molecule has 0 unspecified atom stereocenters. The maximum Gasteiger partial charge on any atom is 0.419 e. The smallest absolute Gasteiger partial charge is 0.347 e. The third kappa shape index (κ3) is 2.84. The van der Waals surface area contributed by atoms with Crippen LogP contribution in [0.3, 0.4) is 0 Å². The normalized spacial score (nSPS) is 11.8. The maximum atomic E-state index is 14.1. The molecule has 0 fully saturated rings. The minimum Gasteiger partial charge on any atom is -0.347 e. The molecule has 0 spiro atoms. The fraction of sp³-hybridized carbons (Fsp3) is 0.385. The van der Waals surface area contributed by atoms with Crippen LogP contribution in [-0.2, 0) is 12.7 Å². The van der Waals surface area contributed by atoms with Gasteiger partial charge in [0.15, 0.2) is 5.82 Å². The first-order valence-electron chi connectivity index (χ1n) is 6.24. The molecule has 0 bridgehead atoms. The highest BCUT2D eigenvalue weighted by Crippen LogP contribution is 2.35. The Morgan fingerprint density at radius 1 is 1.24 bits per heavy atom. The van der Waals surface area contributed by atoms with Crippen molar-refractivity contribution in [3.8, 4) is 11.4 Å². The Labute approximate surface area is 119 Å². The second kappa shape index (κ2) is 5.34. The number of benzene rings is 1. The molecule has 0 saturated heterocycles. The van der Waals surface area contributed by atoms with Crippen LogP contribution in [0.2, 0.25) is 0 Å². The number of anilines is 1. The van der Waals surface area contributed by atoms with Crippen molar-refractivity contribution in [1.29, 1.82) is 0 Å². The molecule has 2 aromatic rings. The van der Waals surface area contributed by atoms with E-state index in [0.29, 0.717) is 18.6 Å². The Balaban J connectivity index is 2.58. The van der Waals surface area contributed by atoms with Crippen molar-refractivity contribution in [1.82, 2.24) is 14.8 Å². The van der Waals surface area contributed by atoms with Gasteiger partial charge in [0.2, 0.25) is 5.95 Å². The van der Waals surface area contributed by atoms with Gasteiger partial charge < -0.3 is 4.90 Å². The van der Waals surface area contributed by atoms with Crippen LogP contribution in [0.15, 0.2) is 18.2 Å². The van der Waals surface area contributed by atoms with Crippen LogP contribution in [0.25, 0.3) is 11.4 Å². The number of hydrogen-bond acceptors (Lipinski definition) is 3. The minimum absolute atomic E-state index is 0.0656. The molecule has 0 atom stereocenters. The molecule has 0 aliphatic heterocycles. The number of hydrogen-bond donors (Lipinski definition) is 0. The zero-order valence-corrected chi connectivity index (χ0v) is 11.7. The van der Waals surface area contributed by atoms with Gasteiger partial charge in [0.25, 0.3) is 0 Å². The Morgan fingerprint density at radius 3 is 2.38 bits per heavy atom. The molecule has 1 aromatic carbocycles. The summed E-state index contributed by atoms with van der Waals surface area (Å²) in [5.41, 5.74) is -1.58. The number of halogens is 4. The van der Waals surface area contributed by atoms with E-state index in [1.54, 1.807) is 19.0 Å². The lowest BCUT2D eigenvalue weighted by Crippen LogP contribution is -2.15. The molecule has 2 rings (SSSR count). The van der Waals surface area contributed by atoms with Crippen molar-refractivity contribution < 1.29 is 17.6 Å². The Hall–Kier alpha value is -2.12. The molecule has 21 heavy (non-hydrogen) atoms. The lowest BCUT2D eigenvalue weighted by Gasteiger charge is -2.10. The summed E-state index contributed by atoms with van der Waals surface area (Å²) in [7, 11) is 3.45. The molecule has 1 aromatic heterocycles. The molecule has 0 aliphatic carbocycles. The van der Waals surface area contributed by atoms with Crippen molar-refractivity contribution in [3.63, 3.8) is 0 Å². The number of alkyl halides is 3. The average molecular weight is 302 g/mol. The Bertz CT molecular complexity index is 646. The van der Waals surface area contributed by atoms with E-state index in [0.717, 1.165) is 6.07 Å². The molecule has 0 aliphatic rings. The number of nitrogens with zero attached hydrogens (tertiary/aromatic N) is 4. The van der Waals surface area contributed by atoms with Crippen molar-refractivity contribution in [2.24, 2.45) is 0 Å². The summed E-state index contributed by atoms with van der Waals surface area (Å²) in [6.45, 7) is 2.29. The van der Waals surface area contributed by atoms with E-state index in [2.05, 4.69) is 10.1 Å². The van der Waals surface area contributed by atoms with Gasteiger partial charge in [0, 0.05) is 20.6 Å². The number of aromatic nitrogens is 3. The molecule has 114 valence electrons. The van der Waals surface area contributed by atoms with Crippen LogP contribution in [0.4, 0.5) is 23.5 Å². The van der Waals surface area contributed by atoms with Crippen molar-refractivity contribution in [3.05, 3.63) is 29.6 Å². The fourth-order valence-corrected chi connectivity index (χ4v) is 1.91. The first kappa shape index (κ1) is 15.3. The topological polar surface area (TPSA) is 34.0 Å². The van der Waals surface area contributed by atoms with E-state index in [1.807, 2.05) is 6.92 Å². The van der Waals surface area contributed by atoms with Gasteiger partial charge >= 0.3 is 6.18 Å². The van der Waals surface area contributed by atoms with E-state index >= 15 is 0 Å². The second-order valence-electron chi connectivity index (χ2n) is 4.61. The van der Waals surface area contributed by atoms with Crippen LogP contribution in [0.5, 0.6) is 0 Å². The van der Waals surface area contributed by atoms with Gasteiger partial charge in [-0.05, 0) is 19.1 Å².